The summed E-state index contributed by atoms with van der Waals surface area (Å²) in [5.74, 6) is 1.34. The monoisotopic (exact) mass is 249 g/mol. The lowest BCUT2D eigenvalue weighted by molar-refractivity contribution is -0.0632. The zero-order valence-electron chi connectivity index (χ0n) is 11.8. The maximum Gasteiger partial charge on any atom is 0.131 e. The van der Waals surface area contributed by atoms with Crippen molar-refractivity contribution in [3.63, 3.8) is 0 Å². The molecule has 0 radical (unpaired) electrons. The van der Waals surface area contributed by atoms with Crippen molar-refractivity contribution in [3.8, 4) is 5.75 Å². The highest BCUT2D eigenvalue weighted by atomic mass is 16.5. The second kappa shape index (κ2) is 4.56. The van der Waals surface area contributed by atoms with Crippen molar-refractivity contribution in [1.29, 1.82) is 0 Å². The predicted octanol–water partition coefficient (Wildman–Crippen LogP) is 2.60. The maximum atomic E-state index is 10.4. The molecular weight excluding hydrogens is 226 g/mol. The minimum Gasteiger partial charge on any atom is -0.485 e. The molecule has 2 atom stereocenters. The van der Waals surface area contributed by atoms with Crippen LogP contribution in [-0.2, 0) is 0 Å². The summed E-state index contributed by atoms with van der Waals surface area (Å²) in [7, 11) is 1.88. The van der Waals surface area contributed by atoms with Crippen molar-refractivity contribution in [1.82, 2.24) is 5.32 Å². The normalized spacial score (nSPS) is 25.7. The largest absolute Gasteiger partial charge is 0.485 e. The lowest BCUT2D eigenvalue weighted by Crippen LogP contribution is -2.52. The Morgan fingerprint density at radius 3 is 2.56 bits per heavy atom. The van der Waals surface area contributed by atoms with Gasteiger partial charge in [-0.2, -0.15) is 0 Å². The third-order valence-electron chi connectivity index (χ3n) is 3.75. The Bertz CT molecular complexity index is 440. The molecule has 0 amide bonds. The molecule has 0 fully saturated rings. The first-order chi connectivity index (χ1) is 8.36. The molecule has 0 bridgehead atoms. The molecule has 1 heterocycles. The fourth-order valence-corrected chi connectivity index (χ4v) is 2.49. The van der Waals surface area contributed by atoms with Gasteiger partial charge in [-0.3, -0.25) is 0 Å². The smallest absolute Gasteiger partial charge is 0.131 e. The average Bonchev–Trinajstić information content (AvgIpc) is 2.30. The summed E-state index contributed by atoms with van der Waals surface area (Å²) >= 11 is 0. The molecule has 0 unspecified atom stereocenters. The number of rotatable bonds is 2. The summed E-state index contributed by atoms with van der Waals surface area (Å²) in [5.41, 5.74) is 1.75. The number of nitrogens with one attached hydrogen (secondary N) is 1. The number of hydrogen-bond donors (Lipinski definition) is 2. The molecule has 100 valence electrons. The van der Waals surface area contributed by atoms with Crippen LogP contribution in [0.3, 0.4) is 0 Å². The molecule has 0 aliphatic carbocycles. The van der Waals surface area contributed by atoms with E-state index in [0.29, 0.717) is 5.92 Å². The fraction of sp³-hybridized carbons (Fsp3) is 0.600. The second-order valence-electron chi connectivity index (χ2n) is 5.87. The first-order valence-electron chi connectivity index (χ1n) is 6.55. The van der Waals surface area contributed by atoms with Gasteiger partial charge in [0.1, 0.15) is 17.5 Å². The molecule has 1 aromatic carbocycles. The molecule has 18 heavy (non-hydrogen) atoms. The van der Waals surface area contributed by atoms with Crippen molar-refractivity contribution in [2.75, 3.05) is 7.05 Å². The minimum absolute atomic E-state index is 0.0811. The summed E-state index contributed by atoms with van der Waals surface area (Å²) in [6, 6.07) is 6.18. The van der Waals surface area contributed by atoms with Gasteiger partial charge in [-0.05, 0) is 38.4 Å². The Morgan fingerprint density at radius 2 is 2.00 bits per heavy atom. The Kier molecular flexibility index (Phi) is 3.39. The number of hydrogen-bond acceptors (Lipinski definition) is 3. The number of aliphatic hydroxyl groups is 1. The molecule has 1 aliphatic heterocycles. The van der Waals surface area contributed by atoms with Crippen molar-refractivity contribution < 1.29 is 9.84 Å². The summed E-state index contributed by atoms with van der Waals surface area (Å²) in [4.78, 5) is 0. The molecule has 1 aliphatic rings. The van der Waals surface area contributed by atoms with E-state index < -0.39 is 11.7 Å². The van der Waals surface area contributed by atoms with E-state index in [1.165, 1.54) is 5.56 Å². The highest BCUT2D eigenvalue weighted by molar-refractivity contribution is 5.43. The SMILES string of the molecule is CN[C@@H]1c2cc(C(C)C)ccc2OC(C)(C)[C@H]1O. The van der Waals surface area contributed by atoms with Crippen molar-refractivity contribution in [3.05, 3.63) is 29.3 Å². The minimum atomic E-state index is -0.569. The highest BCUT2D eigenvalue weighted by Crippen LogP contribution is 2.40. The van der Waals surface area contributed by atoms with Crippen molar-refractivity contribution in [2.24, 2.45) is 0 Å². The lowest BCUT2D eigenvalue weighted by atomic mass is 9.85. The van der Waals surface area contributed by atoms with E-state index in [2.05, 4.69) is 31.3 Å². The lowest BCUT2D eigenvalue weighted by Gasteiger charge is -2.42. The molecule has 3 heteroatoms. The average molecular weight is 249 g/mol. The van der Waals surface area contributed by atoms with Gasteiger partial charge in [0, 0.05) is 5.56 Å². The second-order valence-corrected chi connectivity index (χ2v) is 5.87. The molecule has 3 nitrogen and oxygen atoms in total. The van der Waals surface area contributed by atoms with Crippen LogP contribution in [-0.4, -0.2) is 23.9 Å². The molecule has 1 aromatic rings. The standard InChI is InChI=1S/C15H23NO2/c1-9(2)10-6-7-12-11(8-10)13(16-5)14(17)15(3,4)18-12/h6-9,13-14,16-17H,1-5H3/t13-,14+/m1/s1. The van der Waals surface area contributed by atoms with Gasteiger partial charge in [-0.25, -0.2) is 0 Å². The topological polar surface area (TPSA) is 41.5 Å². The van der Waals surface area contributed by atoms with E-state index in [4.69, 9.17) is 4.74 Å². The number of fused-ring (bicyclic) bond motifs is 1. The summed E-state index contributed by atoms with van der Waals surface area (Å²) in [5, 5.41) is 13.6. The third kappa shape index (κ3) is 2.13. The number of aliphatic hydroxyl groups excluding tert-OH is 1. The zero-order valence-corrected chi connectivity index (χ0v) is 11.8. The van der Waals surface area contributed by atoms with Crippen LogP contribution in [0.25, 0.3) is 0 Å². The van der Waals surface area contributed by atoms with Crippen LogP contribution >= 0.6 is 0 Å². The molecular formula is C15H23NO2. The third-order valence-corrected chi connectivity index (χ3v) is 3.75. The van der Waals surface area contributed by atoms with Crippen LogP contribution in [0.4, 0.5) is 0 Å². The van der Waals surface area contributed by atoms with Crippen LogP contribution in [0.2, 0.25) is 0 Å². The van der Waals surface area contributed by atoms with E-state index in [1.807, 2.05) is 27.0 Å². The summed E-state index contributed by atoms with van der Waals surface area (Å²) in [6.45, 7) is 8.17. The van der Waals surface area contributed by atoms with Crippen molar-refractivity contribution in [2.45, 2.75) is 51.4 Å². The van der Waals surface area contributed by atoms with E-state index in [0.717, 1.165) is 11.3 Å². The van der Waals surface area contributed by atoms with Crippen LogP contribution in [0.1, 0.15) is 50.8 Å². The van der Waals surface area contributed by atoms with Gasteiger partial charge in [-0.15, -0.1) is 0 Å². The van der Waals surface area contributed by atoms with E-state index in [9.17, 15) is 5.11 Å². The predicted molar refractivity (Wildman–Crippen MR) is 73.0 cm³/mol. The molecule has 0 saturated heterocycles. The van der Waals surface area contributed by atoms with Crippen LogP contribution in [0.15, 0.2) is 18.2 Å². The number of benzene rings is 1. The van der Waals surface area contributed by atoms with Gasteiger partial charge in [0.05, 0.1) is 6.04 Å². The maximum absolute atomic E-state index is 10.4. The zero-order chi connectivity index (χ0) is 13.5. The number of likely N-dealkylation sites (N-methyl/N-ethyl adjacent to an activating group) is 1. The summed E-state index contributed by atoms with van der Waals surface area (Å²) in [6.07, 6.45) is -0.558. The van der Waals surface area contributed by atoms with Crippen molar-refractivity contribution >= 4 is 0 Å². The highest BCUT2D eigenvalue weighted by Gasteiger charge is 2.42. The van der Waals surface area contributed by atoms with Gasteiger partial charge in [0.2, 0.25) is 0 Å². The van der Waals surface area contributed by atoms with E-state index in [-0.39, 0.29) is 6.04 Å². The molecule has 0 spiro atoms. The Morgan fingerprint density at radius 1 is 1.33 bits per heavy atom. The molecule has 2 N–H and O–H groups in total. The molecule has 0 aromatic heterocycles. The first-order valence-corrected chi connectivity index (χ1v) is 6.55. The number of ether oxygens (including phenoxy) is 1. The quantitative estimate of drug-likeness (QED) is 0.846. The Labute approximate surface area is 109 Å². The van der Waals surface area contributed by atoms with Gasteiger partial charge in [0.25, 0.3) is 0 Å². The van der Waals surface area contributed by atoms with Gasteiger partial charge < -0.3 is 15.2 Å². The van der Waals surface area contributed by atoms with Gasteiger partial charge in [0.15, 0.2) is 0 Å². The van der Waals surface area contributed by atoms with E-state index in [1.54, 1.807) is 0 Å². The Balaban J connectivity index is 2.49. The molecule has 2 rings (SSSR count). The van der Waals surface area contributed by atoms with E-state index >= 15 is 0 Å². The molecule has 0 saturated carbocycles. The Hall–Kier alpha value is -1.06. The van der Waals surface area contributed by atoms with Crippen LogP contribution in [0.5, 0.6) is 5.75 Å². The summed E-state index contributed by atoms with van der Waals surface area (Å²) < 4.78 is 5.91. The van der Waals surface area contributed by atoms with Crippen LogP contribution in [0, 0.1) is 0 Å². The first kappa shape index (κ1) is 13.4. The van der Waals surface area contributed by atoms with Gasteiger partial charge in [-0.1, -0.05) is 26.0 Å². The van der Waals surface area contributed by atoms with Crippen LogP contribution < -0.4 is 10.1 Å². The van der Waals surface area contributed by atoms with Gasteiger partial charge >= 0.3 is 0 Å². The fourth-order valence-electron chi connectivity index (χ4n) is 2.49.